The SMILES string of the molecule is c1ccc(N(c2ccccc2)c2cc3c4c(c2)N(c2ccccc2)c2cc5c(cc2B4c2ccccc2S3)B2c3c(cc(N(c4ccccc4)c4ccccc4)cc3-n3c4ccccc4c4cccc2c43)N5c2ccccc2)cc1. The average Bonchev–Trinajstić information content (AvgIpc) is 3.78. The highest BCUT2D eigenvalue weighted by Crippen LogP contribution is 2.50. The number of hydrogen-bond donors (Lipinski definition) is 0. The summed E-state index contributed by atoms with van der Waals surface area (Å²) in [6, 6.07) is 106. The zero-order valence-corrected chi connectivity index (χ0v) is 44.3. The molecule has 0 radical (unpaired) electrons. The summed E-state index contributed by atoms with van der Waals surface area (Å²) in [5.74, 6) is 0. The third-order valence-corrected chi connectivity index (χ3v) is 18.0. The van der Waals surface area contributed by atoms with Gasteiger partial charge in [-0.15, -0.1) is 0 Å². The van der Waals surface area contributed by atoms with Crippen molar-refractivity contribution in [3.8, 4) is 5.69 Å². The van der Waals surface area contributed by atoms with Crippen molar-refractivity contribution in [1.82, 2.24) is 4.57 Å². The van der Waals surface area contributed by atoms with Crippen molar-refractivity contribution in [2.24, 2.45) is 0 Å². The van der Waals surface area contributed by atoms with Gasteiger partial charge in [-0.3, -0.25) is 0 Å². The van der Waals surface area contributed by atoms with Crippen molar-refractivity contribution in [2.75, 3.05) is 19.6 Å². The lowest BCUT2D eigenvalue weighted by Crippen LogP contribution is -2.64. The summed E-state index contributed by atoms with van der Waals surface area (Å²) in [6.45, 7) is -0.137. The predicted octanol–water partition coefficient (Wildman–Crippen LogP) is 15.1. The van der Waals surface area contributed by atoms with E-state index in [9.17, 15) is 0 Å². The van der Waals surface area contributed by atoms with E-state index >= 15 is 0 Å². The molecule has 372 valence electrons. The fourth-order valence-electron chi connectivity index (χ4n) is 13.7. The monoisotopic (exact) mass is 1040 g/mol. The summed E-state index contributed by atoms with van der Waals surface area (Å²) in [6.07, 6.45) is 0. The molecule has 0 fully saturated rings. The van der Waals surface area contributed by atoms with Crippen molar-refractivity contribution < 1.29 is 0 Å². The van der Waals surface area contributed by atoms with Crippen LogP contribution in [0.3, 0.4) is 0 Å². The molecule has 17 rings (SSSR count). The van der Waals surface area contributed by atoms with Gasteiger partial charge in [0.1, 0.15) is 0 Å². The molecule has 8 heteroatoms. The second-order valence-corrected chi connectivity index (χ2v) is 22.3. The minimum atomic E-state index is -0.0938. The van der Waals surface area contributed by atoms with Crippen LogP contribution in [0.2, 0.25) is 0 Å². The first kappa shape index (κ1) is 45.2. The van der Waals surface area contributed by atoms with Crippen LogP contribution < -0.4 is 52.4 Å². The largest absolute Gasteiger partial charge is 0.311 e. The number of hydrogen-bond acceptors (Lipinski definition) is 5. The zero-order valence-electron chi connectivity index (χ0n) is 43.4. The molecule has 0 unspecified atom stereocenters. The summed E-state index contributed by atoms with van der Waals surface area (Å²) in [5.41, 5.74) is 25.0. The van der Waals surface area contributed by atoms with E-state index in [0.29, 0.717) is 0 Å². The van der Waals surface area contributed by atoms with Crippen molar-refractivity contribution in [3.63, 3.8) is 0 Å². The molecule has 1 aromatic heterocycles. The van der Waals surface area contributed by atoms with Crippen LogP contribution in [-0.4, -0.2) is 18.0 Å². The first-order chi connectivity index (χ1) is 39.7. The molecule has 0 aliphatic carbocycles. The number of nitrogens with zero attached hydrogens (tertiary/aromatic N) is 5. The molecule has 0 saturated carbocycles. The summed E-state index contributed by atoms with van der Waals surface area (Å²) < 4.78 is 2.58. The van der Waals surface area contributed by atoms with Gasteiger partial charge in [-0.2, -0.15) is 0 Å². The van der Waals surface area contributed by atoms with Crippen LogP contribution in [0.4, 0.5) is 68.2 Å². The van der Waals surface area contributed by atoms with Gasteiger partial charge in [0.05, 0.1) is 11.2 Å². The highest BCUT2D eigenvalue weighted by atomic mass is 32.2. The number of fused-ring (bicyclic) bond motifs is 11. The summed E-state index contributed by atoms with van der Waals surface area (Å²) in [7, 11) is 0. The van der Waals surface area contributed by atoms with Crippen LogP contribution >= 0.6 is 11.8 Å². The molecule has 0 bridgehead atoms. The Balaban J connectivity index is 0.994. The van der Waals surface area contributed by atoms with Crippen molar-refractivity contribution >= 4 is 148 Å². The Hall–Kier alpha value is -9.88. The minimum Gasteiger partial charge on any atom is -0.311 e. The van der Waals surface area contributed by atoms with E-state index in [1.807, 2.05) is 11.8 Å². The Morgan fingerprint density at radius 3 is 1.30 bits per heavy atom. The zero-order chi connectivity index (χ0) is 52.4. The van der Waals surface area contributed by atoms with Gasteiger partial charge in [0.25, 0.3) is 6.71 Å². The third-order valence-electron chi connectivity index (χ3n) is 16.9. The van der Waals surface area contributed by atoms with Gasteiger partial charge in [0.2, 0.25) is 6.71 Å². The van der Waals surface area contributed by atoms with E-state index < -0.39 is 0 Å². The Morgan fingerprint density at radius 1 is 0.287 bits per heavy atom. The maximum absolute atomic E-state index is 2.64. The second-order valence-electron chi connectivity index (χ2n) is 21.2. The molecule has 4 aliphatic rings. The normalized spacial score (nSPS) is 13.1. The van der Waals surface area contributed by atoms with Crippen LogP contribution in [0.15, 0.2) is 295 Å². The van der Waals surface area contributed by atoms with Crippen molar-refractivity contribution in [2.45, 2.75) is 9.79 Å². The Labute approximate surface area is 470 Å². The summed E-state index contributed by atoms with van der Waals surface area (Å²) in [5, 5.41) is 2.53. The molecular formula is C72H47B2N5S. The Kier molecular flexibility index (Phi) is 10.1. The second kappa shape index (κ2) is 17.8. The fourth-order valence-corrected chi connectivity index (χ4v) is 14.9. The van der Waals surface area contributed by atoms with Gasteiger partial charge in [0, 0.05) is 94.3 Å². The average molecular weight is 1040 g/mol. The van der Waals surface area contributed by atoms with E-state index in [4.69, 9.17) is 0 Å². The van der Waals surface area contributed by atoms with Crippen LogP contribution in [0.5, 0.6) is 0 Å². The lowest BCUT2D eigenvalue weighted by atomic mass is 9.31. The van der Waals surface area contributed by atoms with Crippen LogP contribution in [0, 0.1) is 0 Å². The van der Waals surface area contributed by atoms with Gasteiger partial charge >= 0.3 is 0 Å². The highest BCUT2D eigenvalue weighted by molar-refractivity contribution is 8.00. The number of aromatic nitrogens is 1. The van der Waals surface area contributed by atoms with Crippen molar-refractivity contribution in [3.05, 3.63) is 285 Å². The topological polar surface area (TPSA) is 17.9 Å². The predicted molar refractivity (Wildman–Crippen MR) is 339 cm³/mol. The maximum atomic E-state index is 2.64. The van der Waals surface area contributed by atoms with Crippen LogP contribution in [0.1, 0.15) is 0 Å². The number of anilines is 12. The van der Waals surface area contributed by atoms with Gasteiger partial charge in [-0.1, -0.05) is 187 Å². The molecule has 0 spiro atoms. The minimum absolute atomic E-state index is 0.0433. The molecule has 0 saturated heterocycles. The molecular weight excluding hydrogens is 989 g/mol. The van der Waals surface area contributed by atoms with Gasteiger partial charge in [-0.05, 0) is 143 Å². The number of para-hydroxylation sites is 8. The molecule has 0 N–H and O–H groups in total. The fraction of sp³-hybridized carbons (Fsp3) is 0. The van der Waals surface area contributed by atoms with Gasteiger partial charge < -0.3 is 24.2 Å². The van der Waals surface area contributed by atoms with E-state index in [2.05, 4.69) is 309 Å². The summed E-state index contributed by atoms with van der Waals surface area (Å²) >= 11 is 1.90. The molecule has 0 amide bonds. The standard InChI is InChI=1S/C72H47B2N5S/c1-7-24-48(25-8-1)75(49-26-9-2-10-27-49)54-42-65-70-66(43-54)79-62-40-21-19-36-56(62)57-37-23-39-59(72(57)79)74(70)61-46-60-63(47-64(61)77(65)52-32-15-5-16-33-52)78(53-34-17-6-18-35-53)67-44-55(45-69-71(67)73(60)58-38-20-22-41-68(58)80-69)76(50-28-11-3-12-29-50)51-30-13-4-14-31-51/h1-47H. The highest BCUT2D eigenvalue weighted by Gasteiger charge is 2.47. The molecule has 5 heterocycles. The van der Waals surface area contributed by atoms with Gasteiger partial charge in [0.15, 0.2) is 0 Å². The first-order valence-corrected chi connectivity index (χ1v) is 28.4. The smallest absolute Gasteiger partial charge is 0.252 e. The molecule has 80 heavy (non-hydrogen) atoms. The molecule has 5 nitrogen and oxygen atoms in total. The van der Waals surface area contributed by atoms with E-state index in [1.165, 1.54) is 81.4 Å². The molecule has 13 aromatic rings. The quantitative estimate of drug-likeness (QED) is 0.141. The lowest BCUT2D eigenvalue weighted by molar-refractivity contribution is 1.16. The van der Waals surface area contributed by atoms with Crippen molar-refractivity contribution in [1.29, 1.82) is 0 Å². The Morgan fingerprint density at radius 2 is 0.725 bits per heavy atom. The molecule has 0 atom stereocenters. The Bertz CT molecular complexity index is 4520. The van der Waals surface area contributed by atoms with E-state index in [1.54, 1.807) is 0 Å². The third kappa shape index (κ3) is 6.69. The number of benzene rings is 12. The molecule has 4 aliphatic heterocycles. The summed E-state index contributed by atoms with van der Waals surface area (Å²) in [4.78, 5) is 12.5. The molecule has 12 aromatic carbocycles. The van der Waals surface area contributed by atoms with Crippen LogP contribution in [-0.2, 0) is 0 Å². The maximum Gasteiger partial charge on any atom is 0.252 e. The number of rotatable bonds is 8. The lowest BCUT2D eigenvalue weighted by Gasteiger charge is -2.45. The van der Waals surface area contributed by atoms with Crippen LogP contribution in [0.25, 0.3) is 27.5 Å². The van der Waals surface area contributed by atoms with Gasteiger partial charge in [-0.25, -0.2) is 0 Å². The first-order valence-electron chi connectivity index (χ1n) is 27.6. The van der Waals surface area contributed by atoms with E-state index in [0.717, 1.165) is 56.9 Å². The van der Waals surface area contributed by atoms with E-state index in [-0.39, 0.29) is 13.4 Å².